The largest absolute Gasteiger partial charge is 0.368 e. The fraction of sp³-hybridized carbons (Fsp3) is 0.429. The molecule has 31 heavy (non-hydrogen) atoms. The fourth-order valence-corrected chi connectivity index (χ4v) is 4.35. The van der Waals surface area contributed by atoms with Crippen molar-refractivity contribution in [3.05, 3.63) is 47.5 Å². The van der Waals surface area contributed by atoms with E-state index in [0.717, 1.165) is 38.5 Å². The number of nitrogen functional groups attached to an aromatic ring is 1. The fourth-order valence-electron chi connectivity index (χ4n) is 4.35. The summed E-state index contributed by atoms with van der Waals surface area (Å²) in [6, 6.07) is 2.44. The Kier molecular flexibility index (Phi) is 4.81. The molecule has 162 valence electrons. The van der Waals surface area contributed by atoms with Crippen LogP contribution in [0.15, 0.2) is 24.5 Å². The predicted molar refractivity (Wildman–Crippen MR) is 112 cm³/mol. The normalized spacial score (nSPS) is 20.1. The van der Waals surface area contributed by atoms with Crippen LogP contribution in [0.1, 0.15) is 44.0 Å². The van der Waals surface area contributed by atoms with Gasteiger partial charge in [-0.05, 0) is 32.8 Å². The van der Waals surface area contributed by atoms with Gasteiger partial charge in [0.2, 0.25) is 5.95 Å². The molecule has 0 saturated carbocycles. The van der Waals surface area contributed by atoms with Gasteiger partial charge < -0.3 is 5.73 Å². The van der Waals surface area contributed by atoms with Crippen molar-refractivity contribution >= 4 is 22.5 Å². The summed E-state index contributed by atoms with van der Waals surface area (Å²) in [5, 5.41) is 9.19. The van der Waals surface area contributed by atoms with Crippen molar-refractivity contribution in [1.82, 2.24) is 34.3 Å². The smallest absolute Gasteiger partial charge is 0.223 e. The highest BCUT2D eigenvalue weighted by Crippen LogP contribution is 2.31. The minimum Gasteiger partial charge on any atom is -0.368 e. The van der Waals surface area contributed by atoms with Crippen LogP contribution in [0.4, 0.5) is 14.7 Å². The molecule has 0 unspecified atom stereocenters. The van der Waals surface area contributed by atoms with E-state index in [-0.39, 0.29) is 22.8 Å². The molecule has 8 nitrogen and oxygen atoms in total. The second-order valence-electron chi connectivity index (χ2n) is 8.22. The zero-order valence-corrected chi connectivity index (χ0v) is 17.5. The van der Waals surface area contributed by atoms with E-state index in [1.165, 1.54) is 16.1 Å². The maximum absolute atomic E-state index is 14.2. The monoisotopic (exact) mass is 426 g/mol. The third-order valence-electron chi connectivity index (χ3n) is 6.11. The number of halogens is 2. The van der Waals surface area contributed by atoms with Gasteiger partial charge in [0.05, 0.1) is 11.6 Å². The van der Waals surface area contributed by atoms with Gasteiger partial charge in [-0.25, -0.2) is 18.7 Å². The maximum atomic E-state index is 14.2. The lowest BCUT2D eigenvalue weighted by atomic mass is 9.92. The molecule has 0 radical (unpaired) electrons. The standard InChI is InChI=1S/C21H24F2N8/c1-3-30-10-13(8-25-30)9-29-11-14(5-4-12(29)2)19-27-20-16-6-15(22)7-17(23)18(16)26-21(24)31(20)28-19/h6-8,10,12,14H,3-5,9,11H2,1-2H3,(H2,24,26)/t12-,14+/m0/s1. The van der Waals surface area contributed by atoms with Gasteiger partial charge in [-0.2, -0.15) is 9.61 Å². The number of nitrogens with two attached hydrogens (primary N) is 1. The van der Waals surface area contributed by atoms with Crippen LogP contribution in [-0.4, -0.2) is 46.8 Å². The zero-order chi connectivity index (χ0) is 21.7. The van der Waals surface area contributed by atoms with Crippen molar-refractivity contribution in [2.75, 3.05) is 12.3 Å². The second kappa shape index (κ2) is 7.52. The number of anilines is 1. The van der Waals surface area contributed by atoms with Crippen LogP contribution < -0.4 is 5.73 Å². The lowest BCUT2D eigenvalue weighted by Crippen LogP contribution is -2.40. The van der Waals surface area contributed by atoms with Crippen molar-refractivity contribution in [2.24, 2.45) is 0 Å². The molecule has 0 amide bonds. The second-order valence-corrected chi connectivity index (χ2v) is 8.22. The molecule has 0 bridgehead atoms. The molecule has 10 heteroatoms. The number of piperidine rings is 1. The van der Waals surface area contributed by atoms with Crippen molar-refractivity contribution < 1.29 is 8.78 Å². The van der Waals surface area contributed by atoms with Gasteiger partial charge in [-0.1, -0.05) is 0 Å². The maximum Gasteiger partial charge on any atom is 0.223 e. The van der Waals surface area contributed by atoms with Gasteiger partial charge in [-0.15, -0.1) is 5.10 Å². The van der Waals surface area contributed by atoms with Crippen LogP contribution in [-0.2, 0) is 13.1 Å². The molecule has 1 saturated heterocycles. The number of nitrogens with zero attached hydrogens (tertiary/aromatic N) is 7. The Morgan fingerprint density at radius 3 is 2.81 bits per heavy atom. The Morgan fingerprint density at radius 2 is 2.03 bits per heavy atom. The van der Waals surface area contributed by atoms with E-state index in [4.69, 9.17) is 5.73 Å². The number of likely N-dealkylation sites (tertiary alicyclic amines) is 1. The van der Waals surface area contributed by atoms with Crippen LogP contribution in [0.2, 0.25) is 0 Å². The molecule has 0 aliphatic carbocycles. The number of fused-ring (bicyclic) bond motifs is 3. The van der Waals surface area contributed by atoms with E-state index < -0.39 is 11.6 Å². The van der Waals surface area contributed by atoms with Gasteiger partial charge in [-0.3, -0.25) is 9.58 Å². The summed E-state index contributed by atoms with van der Waals surface area (Å²) in [5.41, 5.74) is 7.50. The molecule has 1 aliphatic heterocycles. The average molecular weight is 426 g/mol. The molecule has 5 rings (SSSR count). The summed E-state index contributed by atoms with van der Waals surface area (Å²) in [4.78, 5) is 11.1. The number of aryl methyl sites for hydroxylation is 1. The van der Waals surface area contributed by atoms with E-state index >= 15 is 0 Å². The first-order valence-electron chi connectivity index (χ1n) is 10.5. The van der Waals surface area contributed by atoms with Crippen LogP contribution in [0.25, 0.3) is 16.6 Å². The Labute approximate surface area is 177 Å². The van der Waals surface area contributed by atoms with Crippen molar-refractivity contribution in [3.8, 4) is 0 Å². The first kappa shape index (κ1) is 19.8. The molecule has 1 fully saturated rings. The topological polar surface area (TPSA) is 90.2 Å². The Hall–Kier alpha value is -3.14. The molecule has 2 N–H and O–H groups in total. The highest BCUT2D eigenvalue weighted by atomic mass is 19.1. The highest BCUT2D eigenvalue weighted by Gasteiger charge is 2.30. The molecule has 2 atom stereocenters. The van der Waals surface area contributed by atoms with Crippen LogP contribution in [0, 0.1) is 11.6 Å². The minimum atomic E-state index is -0.765. The molecular weight excluding hydrogens is 402 g/mol. The Bertz CT molecular complexity index is 1260. The molecule has 4 aromatic rings. The number of aromatic nitrogens is 6. The number of hydrogen-bond donors (Lipinski definition) is 1. The SMILES string of the molecule is CCn1cc(CN2C[C@H](c3nc4c5cc(F)cc(F)c5nc(N)n4n3)CC[C@@H]2C)cn1. The summed E-state index contributed by atoms with van der Waals surface area (Å²) < 4.78 is 31.4. The molecule has 1 aromatic carbocycles. The summed E-state index contributed by atoms with van der Waals surface area (Å²) in [7, 11) is 0. The van der Waals surface area contributed by atoms with E-state index in [1.54, 1.807) is 0 Å². The van der Waals surface area contributed by atoms with Gasteiger partial charge in [0.1, 0.15) is 11.3 Å². The van der Waals surface area contributed by atoms with Crippen molar-refractivity contribution in [3.63, 3.8) is 0 Å². The number of benzene rings is 1. The quantitative estimate of drug-likeness (QED) is 0.539. The Balaban J connectivity index is 1.48. The molecular formula is C21H24F2N8. The summed E-state index contributed by atoms with van der Waals surface area (Å²) >= 11 is 0. The molecule has 4 heterocycles. The van der Waals surface area contributed by atoms with Crippen LogP contribution in [0.3, 0.4) is 0 Å². The third kappa shape index (κ3) is 3.50. The van der Waals surface area contributed by atoms with Crippen molar-refractivity contribution in [2.45, 2.75) is 51.7 Å². The van der Waals surface area contributed by atoms with E-state index in [1.807, 2.05) is 10.9 Å². The summed E-state index contributed by atoms with van der Waals surface area (Å²) in [6.45, 7) is 6.71. The van der Waals surface area contributed by atoms with Gasteiger partial charge >= 0.3 is 0 Å². The van der Waals surface area contributed by atoms with E-state index in [2.05, 4.69) is 45.1 Å². The van der Waals surface area contributed by atoms with Crippen molar-refractivity contribution in [1.29, 1.82) is 0 Å². The lowest BCUT2D eigenvalue weighted by molar-refractivity contribution is 0.134. The van der Waals surface area contributed by atoms with Crippen LogP contribution >= 0.6 is 0 Å². The first-order valence-corrected chi connectivity index (χ1v) is 10.5. The zero-order valence-electron chi connectivity index (χ0n) is 17.5. The lowest BCUT2D eigenvalue weighted by Gasteiger charge is -2.36. The molecule has 0 spiro atoms. The number of hydrogen-bond acceptors (Lipinski definition) is 6. The van der Waals surface area contributed by atoms with Crippen LogP contribution in [0.5, 0.6) is 0 Å². The third-order valence-corrected chi connectivity index (χ3v) is 6.11. The highest BCUT2D eigenvalue weighted by molar-refractivity contribution is 5.92. The van der Waals surface area contributed by atoms with Gasteiger partial charge in [0.15, 0.2) is 17.3 Å². The molecule has 3 aromatic heterocycles. The van der Waals surface area contributed by atoms with E-state index in [0.29, 0.717) is 17.5 Å². The summed E-state index contributed by atoms with van der Waals surface area (Å²) in [5.74, 6) is -0.718. The number of rotatable bonds is 4. The minimum absolute atomic E-state index is 0.00261. The first-order chi connectivity index (χ1) is 14.9. The van der Waals surface area contributed by atoms with Gasteiger partial charge in [0, 0.05) is 49.4 Å². The Morgan fingerprint density at radius 1 is 1.19 bits per heavy atom. The predicted octanol–water partition coefficient (Wildman–Crippen LogP) is 3.12. The van der Waals surface area contributed by atoms with Gasteiger partial charge in [0.25, 0.3) is 0 Å². The van der Waals surface area contributed by atoms with E-state index in [9.17, 15) is 8.78 Å². The summed E-state index contributed by atoms with van der Waals surface area (Å²) in [6.07, 6.45) is 5.91. The average Bonchev–Trinajstić information content (AvgIpc) is 3.38. The molecule has 1 aliphatic rings.